The minimum Gasteiger partial charge on any atom is -0.492 e. The second-order valence-electron chi connectivity index (χ2n) is 4.49. The largest absolute Gasteiger partial charge is 0.492 e. The average Bonchev–Trinajstić information content (AvgIpc) is 2.83. The summed E-state index contributed by atoms with van der Waals surface area (Å²) in [6, 6.07) is 5.24. The number of hydrogen-bond donors (Lipinski definition) is 0. The van der Waals surface area contributed by atoms with Crippen molar-refractivity contribution in [3.63, 3.8) is 0 Å². The van der Waals surface area contributed by atoms with E-state index in [1.807, 2.05) is 19.9 Å². The molecule has 0 unspecified atom stereocenters. The Labute approximate surface area is 109 Å². The number of benzene rings is 1. The molecule has 0 amide bonds. The normalized spacial score (nSPS) is 17.0. The Hall–Kier alpha value is -1.07. The highest BCUT2D eigenvalue weighted by molar-refractivity contribution is 7.89. The molecule has 0 bridgehead atoms. The van der Waals surface area contributed by atoms with Gasteiger partial charge in [0.05, 0.1) is 6.61 Å². The summed E-state index contributed by atoms with van der Waals surface area (Å²) in [5.41, 5.74) is 0.999. The summed E-state index contributed by atoms with van der Waals surface area (Å²) < 4.78 is 32.0. The summed E-state index contributed by atoms with van der Waals surface area (Å²) >= 11 is 0. The van der Waals surface area contributed by atoms with Crippen molar-refractivity contribution in [1.29, 1.82) is 0 Å². The van der Waals surface area contributed by atoms with Crippen LogP contribution in [0.4, 0.5) is 0 Å². The number of nitrogens with zero attached hydrogens (tertiary/aromatic N) is 1. The van der Waals surface area contributed by atoms with Gasteiger partial charge in [0.25, 0.3) is 0 Å². The molecule has 0 N–H and O–H groups in total. The highest BCUT2D eigenvalue weighted by Gasteiger charge is 2.29. The van der Waals surface area contributed by atoms with Gasteiger partial charge in [0, 0.05) is 13.1 Å². The lowest BCUT2D eigenvalue weighted by Gasteiger charge is -2.18. The molecular weight excluding hydrogens is 250 g/mol. The molecule has 1 aromatic rings. The second-order valence-corrected chi connectivity index (χ2v) is 6.40. The molecule has 1 aromatic carbocycles. The summed E-state index contributed by atoms with van der Waals surface area (Å²) in [7, 11) is -3.40. The SMILES string of the molecule is CCOc1cc(C)ccc1S(=O)(=O)N1CCCC1. The van der Waals surface area contributed by atoms with Crippen molar-refractivity contribution in [3.05, 3.63) is 23.8 Å². The monoisotopic (exact) mass is 269 g/mol. The van der Waals surface area contributed by atoms with E-state index in [0.29, 0.717) is 25.4 Å². The zero-order valence-corrected chi connectivity index (χ0v) is 11.7. The fraction of sp³-hybridized carbons (Fsp3) is 0.538. The number of ether oxygens (including phenoxy) is 1. The van der Waals surface area contributed by atoms with E-state index in [9.17, 15) is 8.42 Å². The third-order valence-electron chi connectivity index (χ3n) is 3.08. The van der Waals surface area contributed by atoms with Gasteiger partial charge in [0.1, 0.15) is 10.6 Å². The van der Waals surface area contributed by atoms with Crippen molar-refractivity contribution >= 4 is 10.0 Å². The van der Waals surface area contributed by atoms with Crippen LogP contribution >= 0.6 is 0 Å². The van der Waals surface area contributed by atoms with Crippen molar-refractivity contribution in [1.82, 2.24) is 4.31 Å². The average molecular weight is 269 g/mol. The third-order valence-corrected chi connectivity index (χ3v) is 5.02. The van der Waals surface area contributed by atoms with E-state index in [2.05, 4.69) is 0 Å². The van der Waals surface area contributed by atoms with Crippen LogP contribution in [0.3, 0.4) is 0 Å². The van der Waals surface area contributed by atoms with Gasteiger partial charge in [-0.05, 0) is 44.4 Å². The van der Waals surface area contributed by atoms with Gasteiger partial charge in [-0.1, -0.05) is 6.07 Å². The fourth-order valence-corrected chi connectivity index (χ4v) is 3.79. The Bertz CT molecular complexity index is 519. The summed E-state index contributed by atoms with van der Waals surface area (Å²) in [6.45, 7) is 5.47. The van der Waals surface area contributed by atoms with E-state index in [1.165, 1.54) is 0 Å². The molecule has 4 nitrogen and oxygen atoms in total. The Morgan fingerprint density at radius 2 is 1.94 bits per heavy atom. The van der Waals surface area contributed by atoms with Crippen LogP contribution in [0.5, 0.6) is 5.75 Å². The summed E-state index contributed by atoms with van der Waals surface area (Å²) in [4.78, 5) is 0.289. The molecule has 5 heteroatoms. The predicted octanol–water partition coefficient (Wildman–Crippen LogP) is 2.18. The Morgan fingerprint density at radius 1 is 1.28 bits per heavy atom. The fourth-order valence-electron chi connectivity index (χ4n) is 2.16. The molecular formula is C13H19NO3S. The van der Waals surface area contributed by atoms with Crippen LogP contribution in [0.1, 0.15) is 25.3 Å². The molecule has 0 spiro atoms. The molecule has 0 atom stereocenters. The van der Waals surface area contributed by atoms with Gasteiger partial charge in [-0.3, -0.25) is 0 Å². The molecule has 1 heterocycles. The van der Waals surface area contributed by atoms with E-state index in [-0.39, 0.29) is 4.90 Å². The van der Waals surface area contributed by atoms with Gasteiger partial charge >= 0.3 is 0 Å². The predicted molar refractivity (Wildman–Crippen MR) is 70.3 cm³/mol. The zero-order valence-electron chi connectivity index (χ0n) is 10.8. The quantitative estimate of drug-likeness (QED) is 0.841. The second kappa shape index (κ2) is 5.28. The van der Waals surface area contributed by atoms with E-state index >= 15 is 0 Å². The maximum Gasteiger partial charge on any atom is 0.246 e. The first kappa shape index (κ1) is 13.4. The molecule has 18 heavy (non-hydrogen) atoms. The van der Waals surface area contributed by atoms with Crippen LogP contribution in [0.15, 0.2) is 23.1 Å². The number of aryl methyl sites for hydroxylation is 1. The smallest absolute Gasteiger partial charge is 0.246 e. The number of rotatable bonds is 4. The molecule has 100 valence electrons. The molecule has 0 radical (unpaired) electrons. The Kier molecular flexibility index (Phi) is 3.92. The summed E-state index contributed by atoms with van der Waals surface area (Å²) in [5.74, 6) is 0.462. The maximum absolute atomic E-state index is 12.5. The minimum absolute atomic E-state index is 0.289. The van der Waals surface area contributed by atoms with Gasteiger partial charge < -0.3 is 4.74 Å². The lowest BCUT2D eigenvalue weighted by Crippen LogP contribution is -2.28. The zero-order chi connectivity index (χ0) is 13.2. The molecule has 0 aliphatic carbocycles. The highest BCUT2D eigenvalue weighted by Crippen LogP contribution is 2.29. The van der Waals surface area contributed by atoms with Gasteiger partial charge in [0.2, 0.25) is 10.0 Å². The topological polar surface area (TPSA) is 46.6 Å². The van der Waals surface area contributed by atoms with Gasteiger partial charge in [-0.25, -0.2) is 8.42 Å². The van der Waals surface area contributed by atoms with E-state index in [4.69, 9.17) is 4.74 Å². The van der Waals surface area contributed by atoms with Crippen LogP contribution in [0.2, 0.25) is 0 Å². The van der Waals surface area contributed by atoms with E-state index < -0.39 is 10.0 Å². The maximum atomic E-state index is 12.5. The number of sulfonamides is 1. The van der Waals surface area contributed by atoms with Crippen LogP contribution in [-0.4, -0.2) is 32.4 Å². The lowest BCUT2D eigenvalue weighted by molar-refractivity contribution is 0.329. The van der Waals surface area contributed by atoms with Crippen LogP contribution in [0, 0.1) is 6.92 Å². The first-order valence-corrected chi connectivity index (χ1v) is 7.73. The first-order valence-electron chi connectivity index (χ1n) is 6.29. The van der Waals surface area contributed by atoms with Gasteiger partial charge in [-0.2, -0.15) is 4.31 Å². The van der Waals surface area contributed by atoms with Crippen molar-refractivity contribution in [2.45, 2.75) is 31.6 Å². The van der Waals surface area contributed by atoms with E-state index in [1.54, 1.807) is 16.4 Å². The van der Waals surface area contributed by atoms with Crippen LogP contribution < -0.4 is 4.74 Å². The van der Waals surface area contributed by atoms with Crippen molar-refractivity contribution in [2.24, 2.45) is 0 Å². The molecule has 0 aromatic heterocycles. The van der Waals surface area contributed by atoms with Crippen molar-refractivity contribution in [2.75, 3.05) is 19.7 Å². The molecule has 0 saturated carbocycles. The Morgan fingerprint density at radius 3 is 2.56 bits per heavy atom. The minimum atomic E-state index is -3.40. The van der Waals surface area contributed by atoms with Gasteiger partial charge in [-0.15, -0.1) is 0 Å². The standard InChI is InChI=1S/C13H19NO3S/c1-3-17-12-10-11(2)6-7-13(12)18(15,16)14-8-4-5-9-14/h6-7,10H,3-5,8-9H2,1-2H3. The molecule has 1 aliphatic heterocycles. The lowest BCUT2D eigenvalue weighted by atomic mass is 10.2. The van der Waals surface area contributed by atoms with Crippen LogP contribution in [-0.2, 0) is 10.0 Å². The summed E-state index contributed by atoms with van der Waals surface area (Å²) in [5, 5.41) is 0. The van der Waals surface area contributed by atoms with E-state index in [0.717, 1.165) is 18.4 Å². The molecule has 1 saturated heterocycles. The summed E-state index contributed by atoms with van der Waals surface area (Å²) in [6.07, 6.45) is 1.88. The van der Waals surface area contributed by atoms with Crippen molar-refractivity contribution in [3.8, 4) is 5.75 Å². The van der Waals surface area contributed by atoms with Crippen molar-refractivity contribution < 1.29 is 13.2 Å². The van der Waals surface area contributed by atoms with Crippen LogP contribution in [0.25, 0.3) is 0 Å². The molecule has 1 aliphatic rings. The third kappa shape index (κ3) is 2.52. The number of hydrogen-bond acceptors (Lipinski definition) is 3. The van der Waals surface area contributed by atoms with Gasteiger partial charge in [0.15, 0.2) is 0 Å². The first-order chi connectivity index (χ1) is 8.55. The molecule has 1 fully saturated rings. The Balaban J connectivity index is 2.42. The molecule has 2 rings (SSSR count). The highest BCUT2D eigenvalue weighted by atomic mass is 32.2.